The number of carbonyl (C=O) groups excluding carboxylic acids is 1. The van der Waals surface area contributed by atoms with Crippen LogP contribution in [0.4, 0.5) is 5.82 Å². The maximum absolute atomic E-state index is 12.5. The number of hydrogen-bond acceptors (Lipinski definition) is 6. The minimum atomic E-state index is -0.333. The predicted octanol–water partition coefficient (Wildman–Crippen LogP) is 1.19. The molecular weight excluding hydrogens is 330 g/mol. The summed E-state index contributed by atoms with van der Waals surface area (Å²) in [6.45, 7) is 8.31. The van der Waals surface area contributed by atoms with Crippen molar-refractivity contribution < 1.29 is 4.79 Å². The zero-order valence-electron chi connectivity index (χ0n) is 15.9. The number of carbonyl (C=O) groups is 1. The summed E-state index contributed by atoms with van der Waals surface area (Å²) in [5.74, 6) is 1.44. The summed E-state index contributed by atoms with van der Waals surface area (Å²) in [6, 6.07) is -0.333. The largest absolute Gasteiger partial charge is 0.354 e. The fraction of sp³-hybridized carbons (Fsp3) is 0.667. The van der Waals surface area contributed by atoms with E-state index in [1.165, 1.54) is 25.9 Å². The molecule has 8 heteroatoms. The van der Waals surface area contributed by atoms with E-state index in [0.29, 0.717) is 18.0 Å². The first-order chi connectivity index (χ1) is 12.6. The molecule has 0 unspecified atom stereocenters. The van der Waals surface area contributed by atoms with E-state index in [1.54, 1.807) is 23.1 Å². The maximum atomic E-state index is 12.5. The number of anilines is 1. The normalized spacial score (nSPS) is 19.4. The second kappa shape index (κ2) is 8.44. The average Bonchev–Trinajstić information content (AvgIpc) is 3.12. The van der Waals surface area contributed by atoms with Crippen molar-refractivity contribution in [3.8, 4) is 0 Å². The second-order valence-corrected chi connectivity index (χ2v) is 7.29. The van der Waals surface area contributed by atoms with Gasteiger partial charge in [-0.25, -0.2) is 4.98 Å². The van der Waals surface area contributed by atoms with Gasteiger partial charge in [-0.05, 0) is 45.2 Å². The van der Waals surface area contributed by atoms with Crippen LogP contribution in [0.25, 0.3) is 5.65 Å². The fourth-order valence-corrected chi connectivity index (χ4v) is 3.51. The average molecular weight is 359 g/mol. The number of hydrogen-bond donors (Lipinski definition) is 1. The van der Waals surface area contributed by atoms with Crippen molar-refractivity contribution in [2.24, 2.45) is 5.92 Å². The van der Waals surface area contributed by atoms with Crippen LogP contribution >= 0.6 is 0 Å². The molecule has 2 aromatic rings. The number of fused-ring (bicyclic) bond motifs is 1. The van der Waals surface area contributed by atoms with Crippen molar-refractivity contribution in [1.82, 2.24) is 29.8 Å². The number of likely N-dealkylation sites (tertiary alicyclic amines) is 1. The summed E-state index contributed by atoms with van der Waals surface area (Å²) >= 11 is 0. The Hall–Kier alpha value is -2.22. The molecule has 3 heterocycles. The van der Waals surface area contributed by atoms with Gasteiger partial charge in [-0.15, -0.1) is 10.2 Å². The molecule has 1 aliphatic heterocycles. The lowest BCUT2D eigenvalue weighted by Gasteiger charge is -2.30. The van der Waals surface area contributed by atoms with E-state index in [4.69, 9.17) is 0 Å². The van der Waals surface area contributed by atoms with Crippen molar-refractivity contribution in [2.75, 3.05) is 38.1 Å². The van der Waals surface area contributed by atoms with Crippen LogP contribution in [-0.4, -0.2) is 69.7 Å². The molecule has 8 nitrogen and oxygen atoms in total. The Morgan fingerprint density at radius 1 is 1.50 bits per heavy atom. The first-order valence-electron chi connectivity index (χ1n) is 9.43. The first kappa shape index (κ1) is 18.6. The Bertz CT molecular complexity index is 731. The summed E-state index contributed by atoms with van der Waals surface area (Å²) in [5.41, 5.74) is 0.647. The molecule has 0 spiro atoms. The number of nitrogens with one attached hydrogen (secondary N) is 1. The monoisotopic (exact) mass is 359 g/mol. The molecule has 2 atom stereocenters. The number of aromatic nitrogens is 4. The number of piperidine rings is 1. The van der Waals surface area contributed by atoms with E-state index in [0.717, 1.165) is 18.9 Å². The Morgan fingerprint density at radius 2 is 2.35 bits per heavy atom. The van der Waals surface area contributed by atoms with Crippen molar-refractivity contribution in [3.63, 3.8) is 0 Å². The molecule has 0 aliphatic carbocycles. The number of amides is 1. The van der Waals surface area contributed by atoms with Gasteiger partial charge in [0, 0.05) is 32.5 Å². The highest BCUT2D eigenvalue weighted by Gasteiger charge is 2.22. The molecule has 1 saturated heterocycles. The van der Waals surface area contributed by atoms with Gasteiger partial charge in [0.2, 0.25) is 11.6 Å². The number of nitrogens with zero attached hydrogens (tertiary/aromatic N) is 6. The highest BCUT2D eigenvalue weighted by molar-refractivity contribution is 5.85. The van der Waals surface area contributed by atoms with Gasteiger partial charge in [0.15, 0.2) is 5.82 Å². The molecule has 3 rings (SSSR count). The lowest BCUT2D eigenvalue weighted by Crippen LogP contribution is -2.44. The zero-order valence-corrected chi connectivity index (χ0v) is 15.9. The number of likely N-dealkylation sites (N-methyl/N-ethyl adjacent to an activating group) is 1. The van der Waals surface area contributed by atoms with Crippen molar-refractivity contribution in [2.45, 2.75) is 39.2 Å². The minimum Gasteiger partial charge on any atom is -0.354 e. The smallest absolute Gasteiger partial charge is 0.242 e. The van der Waals surface area contributed by atoms with E-state index in [2.05, 4.69) is 32.3 Å². The van der Waals surface area contributed by atoms with Crippen LogP contribution in [0.1, 0.15) is 33.1 Å². The maximum Gasteiger partial charge on any atom is 0.242 e. The van der Waals surface area contributed by atoms with Crippen LogP contribution in [0, 0.1) is 5.92 Å². The lowest BCUT2D eigenvalue weighted by atomic mass is 10.0. The van der Waals surface area contributed by atoms with Gasteiger partial charge < -0.3 is 15.1 Å². The summed E-state index contributed by atoms with van der Waals surface area (Å²) in [4.78, 5) is 21.2. The number of rotatable bonds is 7. The van der Waals surface area contributed by atoms with E-state index < -0.39 is 0 Å². The fourth-order valence-electron chi connectivity index (χ4n) is 3.51. The molecule has 26 heavy (non-hydrogen) atoms. The summed E-state index contributed by atoms with van der Waals surface area (Å²) in [7, 11) is 1.86. The van der Waals surface area contributed by atoms with Gasteiger partial charge in [0.1, 0.15) is 12.4 Å². The second-order valence-electron chi connectivity index (χ2n) is 7.29. The van der Waals surface area contributed by atoms with Crippen molar-refractivity contribution in [1.29, 1.82) is 0 Å². The molecule has 2 aromatic heterocycles. The highest BCUT2D eigenvalue weighted by atomic mass is 16.2. The molecule has 1 aliphatic rings. The first-order valence-corrected chi connectivity index (χ1v) is 9.43. The van der Waals surface area contributed by atoms with E-state index in [-0.39, 0.29) is 11.9 Å². The molecule has 0 radical (unpaired) electrons. The van der Waals surface area contributed by atoms with Gasteiger partial charge in [0.25, 0.3) is 0 Å². The molecule has 1 N–H and O–H groups in total. The molecule has 0 bridgehead atoms. The van der Waals surface area contributed by atoms with Crippen LogP contribution < -0.4 is 10.2 Å². The van der Waals surface area contributed by atoms with Crippen LogP contribution in [0.15, 0.2) is 18.7 Å². The van der Waals surface area contributed by atoms with E-state index in [1.807, 2.05) is 18.9 Å². The Labute approximate surface area is 154 Å². The van der Waals surface area contributed by atoms with Gasteiger partial charge >= 0.3 is 0 Å². The van der Waals surface area contributed by atoms with Gasteiger partial charge in [-0.2, -0.15) is 0 Å². The van der Waals surface area contributed by atoms with Crippen LogP contribution in [0.3, 0.4) is 0 Å². The topological polar surface area (TPSA) is 78.7 Å². The zero-order chi connectivity index (χ0) is 18.5. The predicted molar refractivity (Wildman–Crippen MR) is 101 cm³/mol. The Kier molecular flexibility index (Phi) is 6.03. The van der Waals surface area contributed by atoms with E-state index >= 15 is 0 Å². The molecule has 0 saturated carbocycles. The third-order valence-electron chi connectivity index (χ3n) is 5.18. The molecular formula is C18H29N7O. The molecule has 1 fully saturated rings. The van der Waals surface area contributed by atoms with Crippen LogP contribution in [-0.2, 0) is 4.79 Å². The molecule has 1 amide bonds. The Balaban J connectivity index is 1.47. The third kappa shape index (κ3) is 4.30. The van der Waals surface area contributed by atoms with Gasteiger partial charge in [-0.3, -0.25) is 9.20 Å². The summed E-state index contributed by atoms with van der Waals surface area (Å²) in [6.07, 6.45) is 8.71. The SMILES string of the molecule is C[C@H]1CCCN(CCCNC(=O)[C@H](C)N(C)c2nccn3cnnc23)C1. The minimum absolute atomic E-state index is 0.00262. The van der Waals surface area contributed by atoms with E-state index in [9.17, 15) is 4.79 Å². The Morgan fingerprint density at radius 3 is 3.15 bits per heavy atom. The van der Waals surface area contributed by atoms with Gasteiger partial charge in [-0.1, -0.05) is 6.92 Å². The standard InChI is InChI=1S/C18H29N7O/c1-14-6-4-9-24(12-14)10-5-7-20-18(26)15(2)23(3)16-17-22-21-13-25(17)11-8-19-16/h8,11,13-15H,4-7,9-10,12H2,1-3H3,(H,20,26)/t14-,15-/m0/s1. The summed E-state index contributed by atoms with van der Waals surface area (Å²) in [5, 5.41) is 11.0. The third-order valence-corrected chi connectivity index (χ3v) is 5.18. The quantitative estimate of drug-likeness (QED) is 0.748. The highest BCUT2D eigenvalue weighted by Crippen LogP contribution is 2.17. The van der Waals surface area contributed by atoms with Crippen LogP contribution in [0.5, 0.6) is 0 Å². The summed E-state index contributed by atoms with van der Waals surface area (Å²) < 4.78 is 1.79. The molecule has 142 valence electrons. The van der Waals surface area contributed by atoms with Crippen molar-refractivity contribution in [3.05, 3.63) is 18.7 Å². The van der Waals surface area contributed by atoms with Gasteiger partial charge in [0.05, 0.1) is 0 Å². The van der Waals surface area contributed by atoms with Crippen molar-refractivity contribution >= 4 is 17.4 Å². The lowest BCUT2D eigenvalue weighted by molar-refractivity contribution is -0.122. The molecule has 0 aromatic carbocycles. The van der Waals surface area contributed by atoms with Crippen LogP contribution in [0.2, 0.25) is 0 Å².